The number of hydrogen-bond donors (Lipinski definition) is 0. The fourth-order valence-corrected chi connectivity index (χ4v) is 5.28. The molecule has 2 saturated heterocycles. The van der Waals surface area contributed by atoms with Crippen LogP contribution in [0.3, 0.4) is 0 Å². The summed E-state index contributed by atoms with van der Waals surface area (Å²) < 4.78 is 14.2. The van der Waals surface area contributed by atoms with E-state index in [9.17, 15) is 4.39 Å². The third-order valence-electron chi connectivity index (χ3n) is 7.24. The van der Waals surface area contributed by atoms with Crippen molar-refractivity contribution < 1.29 is 4.39 Å². The van der Waals surface area contributed by atoms with Crippen LogP contribution >= 0.6 is 0 Å². The van der Waals surface area contributed by atoms with Gasteiger partial charge in [-0.15, -0.1) is 0 Å². The van der Waals surface area contributed by atoms with Crippen molar-refractivity contribution in [3.63, 3.8) is 0 Å². The van der Waals surface area contributed by atoms with Gasteiger partial charge in [0.05, 0.1) is 0 Å². The maximum absolute atomic E-state index is 14.2. The quantitative estimate of drug-likeness (QED) is 0.640. The van der Waals surface area contributed by atoms with Gasteiger partial charge in [-0.3, -0.25) is 0 Å². The van der Waals surface area contributed by atoms with E-state index in [1.165, 1.54) is 25.9 Å². The number of nitrogens with zero attached hydrogens (tertiary/aromatic N) is 5. The van der Waals surface area contributed by atoms with Crippen LogP contribution in [0.15, 0.2) is 37.3 Å². The molecule has 0 bridgehead atoms. The lowest BCUT2D eigenvalue weighted by atomic mass is 9.72. The minimum absolute atomic E-state index is 0.235. The van der Waals surface area contributed by atoms with Crippen LogP contribution < -0.4 is 4.90 Å². The second-order valence-corrected chi connectivity index (χ2v) is 9.84. The van der Waals surface area contributed by atoms with Gasteiger partial charge < -0.3 is 14.7 Å². The van der Waals surface area contributed by atoms with Crippen molar-refractivity contribution in [3.8, 4) is 0 Å². The van der Waals surface area contributed by atoms with E-state index in [0.717, 1.165) is 47.8 Å². The Morgan fingerprint density at radius 3 is 2.59 bits per heavy atom. The number of anilines is 1. The van der Waals surface area contributed by atoms with E-state index >= 15 is 0 Å². The normalized spacial score (nSPS) is 18.1. The van der Waals surface area contributed by atoms with Crippen LogP contribution in [-0.4, -0.2) is 65.6 Å². The molecule has 0 aliphatic carbocycles. The molecular formula is C26H36FN5. The molecule has 2 aliphatic heterocycles. The monoisotopic (exact) mass is 437 g/mol. The Morgan fingerprint density at radius 1 is 1.22 bits per heavy atom. The first-order chi connectivity index (χ1) is 15.3. The Hall–Kier alpha value is -2.47. The summed E-state index contributed by atoms with van der Waals surface area (Å²) in [7, 11) is 2.21. The standard InChI is InChI=1S/C26H36FN5/c1-6-32(19(2)3)20(4)24-14-23(27)8-7-21(24)13-22-15-28-18-29-25(22)31-16-26(17-31)9-11-30(5)12-10-26/h7-8,14-15,18-19H,4,6,9-13,16-17H2,1-3,5H3. The summed E-state index contributed by atoms with van der Waals surface area (Å²) >= 11 is 0. The third kappa shape index (κ3) is 4.51. The number of likely N-dealkylation sites (tertiary alicyclic amines) is 1. The van der Waals surface area contributed by atoms with E-state index in [2.05, 4.69) is 59.1 Å². The molecule has 3 heterocycles. The zero-order valence-corrected chi connectivity index (χ0v) is 19.9. The van der Waals surface area contributed by atoms with Gasteiger partial charge in [-0.2, -0.15) is 0 Å². The lowest BCUT2D eigenvalue weighted by Gasteiger charge is -2.54. The van der Waals surface area contributed by atoms with Crippen molar-refractivity contribution in [1.82, 2.24) is 19.8 Å². The Morgan fingerprint density at radius 2 is 1.94 bits per heavy atom. The van der Waals surface area contributed by atoms with Crippen LogP contribution in [0, 0.1) is 11.2 Å². The Kier molecular flexibility index (Phi) is 6.52. The number of benzene rings is 1. The van der Waals surface area contributed by atoms with Crippen LogP contribution in [0.4, 0.5) is 10.2 Å². The summed E-state index contributed by atoms with van der Waals surface area (Å²) in [5.74, 6) is 0.780. The Balaban J connectivity index is 1.57. The predicted molar refractivity (Wildman–Crippen MR) is 129 cm³/mol. The molecule has 1 spiro atoms. The van der Waals surface area contributed by atoms with Crippen LogP contribution in [0.1, 0.15) is 50.3 Å². The lowest BCUT2D eigenvalue weighted by Crippen LogP contribution is -2.60. The highest BCUT2D eigenvalue weighted by Gasteiger charge is 2.45. The SMILES string of the molecule is C=C(c1cc(F)ccc1Cc1cncnc1N1CC2(CCN(C)CC2)C1)N(CC)C(C)C. The van der Waals surface area contributed by atoms with Gasteiger partial charge in [0.2, 0.25) is 0 Å². The van der Waals surface area contributed by atoms with Crippen LogP contribution in [0.2, 0.25) is 0 Å². The molecule has 172 valence electrons. The summed E-state index contributed by atoms with van der Waals surface area (Å²) in [6.07, 6.45) is 6.72. The molecule has 0 atom stereocenters. The molecule has 0 saturated carbocycles. The van der Waals surface area contributed by atoms with E-state index in [4.69, 9.17) is 0 Å². The zero-order valence-electron chi connectivity index (χ0n) is 19.9. The smallest absolute Gasteiger partial charge is 0.135 e. The van der Waals surface area contributed by atoms with Gasteiger partial charge in [-0.1, -0.05) is 12.6 Å². The van der Waals surface area contributed by atoms with Crippen LogP contribution in [0.25, 0.3) is 5.70 Å². The van der Waals surface area contributed by atoms with Crippen LogP contribution in [-0.2, 0) is 6.42 Å². The first kappa shape index (κ1) is 22.7. The van der Waals surface area contributed by atoms with Crippen LogP contribution in [0.5, 0.6) is 0 Å². The molecule has 1 aromatic carbocycles. The summed E-state index contributed by atoms with van der Waals surface area (Å²) in [4.78, 5) is 16.0. The molecule has 0 unspecified atom stereocenters. The number of piperidine rings is 1. The van der Waals surface area contributed by atoms with Crippen molar-refractivity contribution in [3.05, 3.63) is 59.8 Å². The van der Waals surface area contributed by atoms with E-state index in [1.807, 2.05) is 12.3 Å². The molecule has 0 N–H and O–H groups in total. The molecule has 2 aliphatic rings. The summed E-state index contributed by atoms with van der Waals surface area (Å²) in [5.41, 5.74) is 4.31. The highest BCUT2D eigenvalue weighted by molar-refractivity contribution is 5.66. The van der Waals surface area contributed by atoms with Gasteiger partial charge in [0.15, 0.2) is 0 Å². The molecule has 6 heteroatoms. The molecular weight excluding hydrogens is 401 g/mol. The highest BCUT2D eigenvalue weighted by Crippen LogP contribution is 2.42. The average molecular weight is 438 g/mol. The van der Waals surface area contributed by atoms with Crippen molar-refractivity contribution in [1.29, 1.82) is 0 Å². The predicted octanol–water partition coefficient (Wildman–Crippen LogP) is 4.44. The van der Waals surface area contributed by atoms with Gasteiger partial charge in [0.1, 0.15) is 18.0 Å². The van der Waals surface area contributed by atoms with E-state index in [1.54, 1.807) is 18.5 Å². The number of hydrogen-bond acceptors (Lipinski definition) is 5. The van der Waals surface area contributed by atoms with E-state index < -0.39 is 0 Å². The number of rotatable bonds is 7. The average Bonchev–Trinajstić information content (AvgIpc) is 2.75. The Labute approximate surface area is 192 Å². The molecule has 0 amide bonds. The fourth-order valence-electron chi connectivity index (χ4n) is 5.28. The third-order valence-corrected chi connectivity index (χ3v) is 7.24. The molecule has 2 fully saturated rings. The second kappa shape index (κ2) is 9.18. The highest BCUT2D eigenvalue weighted by atomic mass is 19.1. The van der Waals surface area contributed by atoms with Gasteiger partial charge >= 0.3 is 0 Å². The maximum atomic E-state index is 14.2. The molecule has 4 rings (SSSR count). The topological polar surface area (TPSA) is 35.5 Å². The largest absolute Gasteiger partial charge is 0.369 e. The van der Waals surface area contributed by atoms with E-state index in [-0.39, 0.29) is 5.82 Å². The zero-order chi connectivity index (χ0) is 22.9. The van der Waals surface area contributed by atoms with E-state index in [0.29, 0.717) is 17.9 Å². The fraction of sp³-hybridized carbons (Fsp3) is 0.538. The summed E-state index contributed by atoms with van der Waals surface area (Å²) in [5, 5.41) is 0. The molecule has 0 radical (unpaired) electrons. The number of halogens is 1. The second-order valence-electron chi connectivity index (χ2n) is 9.84. The minimum Gasteiger partial charge on any atom is -0.369 e. The maximum Gasteiger partial charge on any atom is 0.135 e. The summed E-state index contributed by atoms with van der Waals surface area (Å²) in [6, 6.07) is 5.34. The van der Waals surface area contributed by atoms with Crippen molar-refractivity contribution in [2.75, 3.05) is 44.7 Å². The first-order valence-electron chi connectivity index (χ1n) is 11.8. The minimum atomic E-state index is -0.235. The Bertz CT molecular complexity index is 956. The number of aromatic nitrogens is 2. The molecule has 5 nitrogen and oxygen atoms in total. The van der Waals surface area contributed by atoms with Gasteiger partial charge in [-0.25, -0.2) is 14.4 Å². The van der Waals surface area contributed by atoms with Crippen molar-refractivity contribution in [2.45, 2.75) is 46.1 Å². The summed E-state index contributed by atoms with van der Waals surface area (Å²) in [6.45, 7) is 16.0. The molecule has 2 aromatic rings. The molecule has 32 heavy (non-hydrogen) atoms. The lowest BCUT2D eigenvalue weighted by molar-refractivity contribution is 0.0899. The van der Waals surface area contributed by atoms with Gasteiger partial charge in [0, 0.05) is 60.5 Å². The van der Waals surface area contributed by atoms with Crippen molar-refractivity contribution in [2.24, 2.45) is 5.41 Å². The first-order valence-corrected chi connectivity index (χ1v) is 11.8. The van der Waals surface area contributed by atoms with Gasteiger partial charge in [-0.05, 0) is 71.4 Å². The molecule has 1 aromatic heterocycles. The van der Waals surface area contributed by atoms with Crippen molar-refractivity contribution >= 4 is 11.5 Å². The van der Waals surface area contributed by atoms with Gasteiger partial charge in [0.25, 0.3) is 0 Å².